The van der Waals surface area contributed by atoms with E-state index in [9.17, 15) is 4.79 Å². The number of aromatic carboxylic acids is 1. The third kappa shape index (κ3) is 1.76. The van der Waals surface area contributed by atoms with Crippen LogP contribution in [-0.2, 0) is 0 Å². The van der Waals surface area contributed by atoms with Gasteiger partial charge in [0, 0.05) is 18.7 Å². The lowest BCUT2D eigenvalue weighted by molar-refractivity contribution is 0.0698. The van der Waals surface area contributed by atoms with E-state index in [1.165, 1.54) is 0 Å². The van der Waals surface area contributed by atoms with Crippen molar-refractivity contribution in [2.75, 3.05) is 13.1 Å². The number of aromatic nitrogens is 2. The second kappa shape index (κ2) is 4.42. The van der Waals surface area contributed by atoms with E-state index in [2.05, 4.69) is 10.3 Å². The summed E-state index contributed by atoms with van der Waals surface area (Å²) in [5.41, 5.74) is 0.977. The van der Waals surface area contributed by atoms with Crippen LogP contribution in [-0.4, -0.2) is 33.6 Å². The average Bonchev–Trinajstić information content (AvgIpc) is 2.83. The highest BCUT2D eigenvalue weighted by atomic mass is 16.4. The first-order valence-electron chi connectivity index (χ1n) is 6.17. The maximum Gasteiger partial charge on any atom is 0.337 e. The summed E-state index contributed by atoms with van der Waals surface area (Å²) in [6.07, 6.45) is 5.79. The summed E-state index contributed by atoms with van der Waals surface area (Å²) < 4.78 is 1.90. The normalized spacial score (nSPS) is 20.1. The fraction of sp³-hybridized carbons (Fsp3) is 0.385. The number of nitrogens with one attached hydrogen (secondary N) is 1. The van der Waals surface area contributed by atoms with Crippen LogP contribution in [0.5, 0.6) is 0 Å². The number of nitrogens with zero attached hydrogens (tertiary/aromatic N) is 2. The molecule has 94 valence electrons. The molecule has 0 aliphatic carbocycles. The number of fused-ring (bicyclic) bond motifs is 1. The molecule has 2 aromatic heterocycles. The van der Waals surface area contributed by atoms with Gasteiger partial charge in [-0.1, -0.05) is 0 Å². The van der Waals surface area contributed by atoms with Gasteiger partial charge in [-0.3, -0.25) is 0 Å². The van der Waals surface area contributed by atoms with Gasteiger partial charge in [0.05, 0.1) is 17.3 Å². The van der Waals surface area contributed by atoms with E-state index in [-0.39, 0.29) is 0 Å². The van der Waals surface area contributed by atoms with E-state index < -0.39 is 5.97 Å². The molecule has 1 atom stereocenters. The molecule has 1 unspecified atom stereocenters. The number of carbonyl (C=O) groups is 1. The van der Waals surface area contributed by atoms with E-state index in [4.69, 9.17) is 5.11 Å². The molecular formula is C13H15N3O2. The molecule has 0 amide bonds. The van der Waals surface area contributed by atoms with Crippen molar-refractivity contribution in [1.29, 1.82) is 0 Å². The van der Waals surface area contributed by atoms with Crippen LogP contribution in [0.1, 0.15) is 34.9 Å². The molecule has 2 N–H and O–H groups in total. The Morgan fingerprint density at radius 1 is 1.56 bits per heavy atom. The molecule has 2 aromatic rings. The Hall–Kier alpha value is -1.88. The first-order chi connectivity index (χ1) is 8.77. The summed E-state index contributed by atoms with van der Waals surface area (Å²) in [4.78, 5) is 15.6. The third-order valence-corrected chi connectivity index (χ3v) is 3.49. The quantitative estimate of drug-likeness (QED) is 0.841. The predicted octanol–water partition coefficient (Wildman–Crippen LogP) is 1.50. The number of carboxylic acids is 1. The Balaban J connectivity index is 2.08. The highest BCUT2D eigenvalue weighted by Crippen LogP contribution is 2.24. The third-order valence-electron chi connectivity index (χ3n) is 3.49. The Morgan fingerprint density at radius 3 is 3.17 bits per heavy atom. The minimum Gasteiger partial charge on any atom is -0.478 e. The SMILES string of the molecule is O=C(O)c1cccn2c(C3CCCNC3)ncc12. The molecule has 0 radical (unpaired) electrons. The highest BCUT2D eigenvalue weighted by Gasteiger charge is 2.21. The summed E-state index contributed by atoms with van der Waals surface area (Å²) in [7, 11) is 0. The molecule has 1 saturated heterocycles. The standard InChI is InChI=1S/C13H15N3O2/c17-13(18)10-4-2-6-16-11(10)8-15-12(16)9-3-1-5-14-7-9/h2,4,6,8-9,14H,1,3,5,7H2,(H,17,18). The van der Waals surface area contributed by atoms with Crippen molar-refractivity contribution in [2.24, 2.45) is 0 Å². The Morgan fingerprint density at radius 2 is 2.44 bits per heavy atom. The van der Waals surface area contributed by atoms with Gasteiger partial charge in [0.2, 0.25) is 0 Å². The fourth-order valence-electron chi connectivity index (χ4n) is 2.60. The average molecular weight is 245 g/mol. The number of pyridine rings is 1. The van der Waals surface area contributed by atoms with Crippen molar-refractivity contribution in [3.8, 4) is 0 Å². The minimum absolute atomic E-state index is 0.306. The van der Waals surface area contributed by atoms with Gasteiger partial charge in [-0.05, 0) is 31.5 Å². The zero-order valence-corrected chi connectivity index (χ0v) is 9.97. The van der Waals surface area contributed by atoms with Gasteiger partial charge in [-0.25, -0.2) is 9.78 Å². The summed E-state index contributed by atoms with van der Waals surface area (Å²) >= 11 is 0. The molecule has 18 heavy (non-hydrogen) atoms. The van der Waals surface area contributed by atoms with Crippen LogP contribution in [0.25, 0.3) is 5.52 Å². The fourth-order valence-corrected chi connectivity index (χ4v) is 2.60. The number of piperidine rings is 1. The zero-order valence-electron chi connectivity index (χ0n) is 9.97. The molecule has 0 aromatic carbocycles. The molecular weight excluding hydrogens is 230 g/mol. The van der Waals surface area contributed by atoms with Crippen molar-refractivity contribution in [1.82, 2.24) is 14.7 Å². The van der Waals surface area contributed by atoms with Gasteiger partial charge in [-0.2, -0.15) is 0 Å². The monoisotopic (exact) mass is 245 g/mol. The number of rotatable bonds is 2. The summed E-state index contributed by atoms with van der Waals surface area (Å²) in [5, 5.41) is 12.5. The largest absolute Gasteiger partial charge is 0.478 e. The second-order valence-electron chi connectivity index (χ2n) is 4.64. The van der Waals surface area contributed by atoms with Crippen LogP contribution in [0, 0.1) is 0 Å². The van der Waals surface area contributed by atoms with Crippen molar-refractivity contribution >= 4 is 11.5 Å². The first kappa shape index (κ1) is 11.2. The topological polar surface area (TPSA) is 66.6 Å². The van der Waals surface area contributed by atoms with Crippen LogP contribution in [0.3, 0.4) is 0 Å². The second-order valence-corrected chi connectivity index (χ2v) is 4.64. The van der Waals surface area contributed by atoms with Crippen LogP contribution in [0.15, 0.2) is 24.5 Å². The number of carboxylic acid groups (broad SMARTS) is 1. The number of imidazole rings is 1. The molecule has 0 bridgehead atoms. The van der Waals surface area contributed by atoms with E-state index >= 15 is 0 Å². The number of hydrogen-bond donors (Lipinski definition) is 2. The molecule has 5 heteroatoms. The Bertz CT molecular complexity index is 585. The lowest BCUT2D eigenvalue weighted by Crippen LogP contribution is -2.29. The molecule has 3 heterocycles. The lowest BCUT2D eigenvalue weighted by Gasteiger charge is -2.21. The zero-order chi connectivity index (χ0) is 12.5. The maximum absolute atomic E-state index is 11.1. The number of hydrogen-bond acceptors (Lipinski definition) is 3. The van der Waals surface area contributed by atoms with Gasteiger partial charge in [-0.15, -0.1) is 0 Å². The Labute approximate surface area is 104 Å². The molecule has 1 aliphatic rings. The first-order valence-corrected chi connectivity index (χ1v) is 6.17. The molecule has 0 saturated carbocycles. The Kier molecular flexibility index (Phi) is 2.76. The van der Waals surface area contributed by atoms with Crippen molar-refractivity contribution in [3.63, 3.8) is 0 Å². The lowest BCUT2D eigenvalue weighted by atomic mass is 9.99. The smallest absolute Gasteiger partial charge is 0.337 e. The minimum atomic E-state index is -0.909. The van der Waals surface area contributed by atoms with Crippen LogP contribution < -0.4 is 5.32 Å². The molecule has 1 fully saturated rings. The molecule has 5 nitrogen and oxygen atoms in total. The van der Waals surface area contributed by atoms with Gasteiger partial charge < -0.3 is 14.8 Å². The van der Waals surface area contributed by atoms with Crippen molar-refractivity contribution in [3.05, 3.63) is 35.9 Å². The van der Waals surface area contributed by atoms with E-state index in [1.54, 1.807) is 18.3 Å². The summed E-state index contributed by atoms with van der Waals surface area (Å²) in [5.74, 6) is 0.416. The van der Waals surface area contributed by atoms with E-state index in [0.29, 0.717) is 17.0 Å². The molecule has 0 spiro atoms. The predicted molar refractivity (Wildman–Crippen MR) is 67.0 cm³/mol. The van der Waals surface area contributed by atoms with Gasteiger partial charge >= 0.3 is 5.97 Å². The van der Waals surface area contributed by atoms with Crippen LogP contribution in [0.2, 0.25) is 0 Å². The van der Waals surface area contributed by atoms with Gasteiger partial charge in [0.15, 0.2) is 0 Å². The molecule has 1 aliphatic heterocycles. The summed E-state index contributed by atoms with van der Waals surface area (Å²) in [6.45, 7) is 1.97. The van der Waals surface area contributed by atoms with Gasteiger partial charge in [0.1, 0.15) is 5.82 Å². The van der Waals surface area contributed by atoms with Crippen LogP contribution in [0.4, 0.5) is 0 Å². The van der Waals surface area contributed by atoms with Gasteiger partial charge in [0.25, 0.3) is 0 Å². The van der Waals surface area contributed by atoms with Crippen LogP contribution >= 0.6 is 0 Å². The van der Waals surface area contributed by atoms with E-state index in [0.717, 1.165) is 31.8 Å². The van der Waals surface area contributed by atoms with E-state index in [1.807, 2.05) is 10.6 Å². The molecule has 3 rings (SSSR count). The maximum atomic E-state index is 11.1. The highest BCUT2D eigenvalue weighted by molar-refractivity contribution is 5.95. The summed E-state index contributed by atoms with van der Waals surface area (Å²) in [6, 6.07) is 3.38. The van der Waals surface area contributed by atoms with Crippen molar-refractivity contribution < 1.29 is 9.90 Å². The van der Waals surface area contributed by atoms with Crippen molar-refractivity contribution in [2.45, 2.75) is 18.8 Å².